The highest BCUT2D eigenvalue weighted by Gasteiger charge is 2.39. The zero-order chi connectivity index (χ0) is 12.8. The van der Waals surface area contributed by atoms with Crippen molar-refractivity contribution >= 4 is 12.4 Å². The van der Waals surface area contributed by atoms with Crippen LogP contribution in [0.1, 0.15) is 36.2 Å². The van der Waals surface area contributed by atoms with Gasteiger partial charge in [0.2, 0.25) is 0 Å². The maximum absolute atomic E-state index is 6.18. The van der Waals surface area contributed by atoms with Gasteiger partial charge in [0.1, 0.15) is 0 Å². The number of hydrogen-bond donors (Lipinski definition) is 1. The van der Waals surface area contributed by atoms with E-state index >= 15 is 0 Å². The van der Waals surface area contributed by atoms with E-state index in [0.717, 1.165) is 24.8 Å². The third kappa shape index (κ3) is 2.38. The Morgan fingerprint density at radius 3 is 2.53 bits per heavy atom. The molecule has 0 aliphatic heterocycles. The van der Waals surface area contributed by atoms with Crippen molar-refractivity contribution in [2.45, 2.75) is 38.6 Å². The average Bonchev–Trinajstić information content (AvgIpc) is 2.79. The first-order valence-electron chi connectivity index (χ1n) is 6.29. The van der Waals surface area contributed by atoms with Gasteiger partial charge in [-0.15, -0.1) is 12.4 Å². The lowest BCUT2D eigenvalue weighted by molar-refractivity contribution is 0.229. The monoisotopic (exact) mass is 279 g/mol. The van der Waals surface area contributed by atoms with Crippen molar-refractivity contribution in [3.8, 4) is 11.5 Å². The number of halogens is 1. The van der Waals surface area contributed by atoms with Crippen LogP contribution in [0.4, 0.5) is 0 Å². The molecule has 1 aliphatic carbocycles. The van der Waals surface area contributed by atoms with Crippen molar-refractivity contribution in [2.75, 3.05) is 0 Å². The highest BCUT2D eigenvalue weighted by atomic mass is 35.5. The summed E-state index contributed by atoms with van der Waals surface area (Å²) in [6.07, 6.45) is 3.03. The number of aromatic nitrogens is 2. The molecule has 0 radical (unpaired) electrons. The lowest BCUT2D eigenvalue weighted by atomic mass is 9.77. The Bertz CT molecular complexity index is 590. The predicted octanol–water partition coefficient (Wildman–Crippen LogP) is 3.11. The van der Waals surface area contributed by atoms with Crippen molar-refractivity contribution < 1.29 is 4.52 Å². The average molecular weight is 280 g/mol. The molecule has 0 saturated heterocycles. The lowest BCUT2D eigenvalue weighted by Crippen LogP contribution is -2.44. The van der Waals surface area contributed by atoms with Crippen LogP contribution in [0.15, 0.2) is 22.7 Å². The number of nitrogens with two attached hydrogens (primary N) is 1. The Hall–Kier alpha value is -1.39. The van der Waals surface area contributed by atoms with Crippen LogP contribution >= 0.6 is 12.4 Å². The summed E-state index contributed by atoms with van der Waals surface area (Å²) in [5, 5.41) is 4.03. The Labute approximate surface area is 118 Å². The zero-order valence-corrected chi connectivity index (χ0v) is 12.0. The fourth-order valence-electron chi connectivity index (χ4n) is 2.20. The van der Waals surface area contributed by atoms with Gasteiger partial charge in [0, 0.05) is 5.56 Å². The topological polar surface area (TPSA) is 64.9 Å². The molecule has 0 atom stereocenters. The van der Waals surface area contributed by atoms with E-state index in [4.69, 9.17) is 10.3 Å². The second kappa shape index (κ2) is 4.94. The fourth-order valence-corrected chi connectivity index (χ4v) is 2.20. The van der Waals surface area contributed by atoms with E-state index in [0.29, 0.717) is 11.7 Å². The first-order chi connectivity index (χ1) is 8.58. The summed E-state index contributed by atoms with van der Waals surface area (Å²) in [4.78, 5) is 4.44. The molecule has 2 aromatic rings. The van der Waals surface area contributed by atoms with Crippen LogP contribution in [0.3, 0.4) is 0 Å². The number of rotatable bonds is 2. The Morgan fingerprint density at radius 1 is 1.21 bits per heavy atom. The second-order valence-corrected chi connectivity index (χ2v) is 5.23. The van der Waals surface area contributed by atoms with E-state index < -0.39 is 0 Å². The third-order valence-corrected chi connectivity index (χ3v) is 3.87. The molecule has 0 spiro atoms. The molecular weight excluding hydrogens is 262 g/mol. The maximum Gasteiger partial charge on any atom is 0.258 e. The Kier molecular flexibility index (Phi) is 3.65. The van der Waals surface area contributed by atoms with E-state index in [1.54, 1.807) is 0 Å². The van der Waals surface area contributed by atoms with Gasteiger partial charge in [0.25, 0.3) is 5.89 Å². The number of hydrogen-bond acceptors (Lipinski definition) is 4. The molecular formula is C14H18ClN3O. The van der Waals surface area contributed by atoms with Crippen molar-refractivity contribution in [3.05, 3.63) is 35.2 Å². The van der Waals surface area contributed by atoms with Crippen LogP contribution in [0, 0.1) is 13.8 Å². The highest BCUT2D eigenvalue weighted by Crippen LogP contribution is 2.37. The maximum atomic E-state index is 6.18. The molecule has 1 fully saturated rings. The van der Waals surface area contributed by atoms with Gasteiger partial charge < -0.3 is 10.3 Å². The lowest BCUT2D eigenvalue weighted by Gasteiger charge is -2.34. The first-order valence-corrected chi connectivity index (χ1v) is 6.29. The summed E-state index contributed by atoms with van der Waals surface area (Å²) in [6.45, 7) is 4.16. The van der Waals surface area contributed by atoms with Crippen LogP contribution in [0.25, 0.3) is 11.5 Å². The smallest absolute Gasteiger partial charge is 0.258 e. The Balaban J connectivity index is 0.00000133. The van der Waals surface area contributed by atoms with Gasteiger partial charge in [-0.1, -0.05) is 11.2 Å². The minimum Gasteiger partial charge on any atom is -0.334 e. The normalized spacial score (nSPS) is 16.6. The summed E-state index contributed by atoms with van der Waals surface area (Å²) in [5.74, 6) is 1.20. The molecule has 3 rings (SSSR count). The SMILES string of the molecule is Cc1ccc(-c2nc(C3(N)CCC3)no2)cc1C.Cl. The van der Waals surface area contributed by atoms with Gasteiger partial charge in [0.05, 0.1) is 5.54 Å². The highest BCUT2D eigenvalue weighted by molar-refractivity contribution is 5.85. The molecule has 4 nitrogen and oxygen atoms in total. The zero-order valence-electron chi connectivity index (χ0n) is 11.1. The largest absolute Gasteiger partial charge is 0.334 e. The molecule has 0 amide bonds. The molecule has 0 unspecified atom stereocenters. The van der Waals surface area contributed by atoms with Crippen LogP contribution < -0.4 is 5.73 Å². The fraction of sp³-hybridized carbons (Fsp3) is 0.429. The quantitative estimate of drug-likeness (QED) is 0.917. The second-order valence-electron chi connectivity index (χ2n) is 5.23. The Morgan fingerprint density at radius 2 is 1.95 bits per heavy atom. The number of aryl methyl sites for hydroxylation is 2. The predicted molar refractivity (Wildman–Crippen MR) is 76.2 cm³/mol. The van der Waals surface area contributed by atoms with Crippen molar-refractivity contribution in [3.63, 3.8) is 0 Å². The van der Waals surface area contributed by atoms with Gasteiger partial charge in [-0.3, -0.25) is 0 Å². The molecule has 1 heterocycles. The van der Waals surface area contributed by atoms with Crippen molar-refractivity contribution in [2.24, 2.45) is 5.73 Å². The van der Waals surface area contributed by atoms with Crippen LogP contribution in [0.5, 0.6) is 0 Å². The molecule has 0 bridgehead atoms. The van der Waals surface area contributed by atoms with Gasteiger partial charge in [-0.05, 0) is 56.4 Å². The van der Waals surface area contributed by atoms with Crippen molar-refractivity contribution in [1.29, 1.82) is 0 Å². The number of nitrogens with zero attached hydrogens (tertiary/aromatic N) is 2. The van der Waals surface area contributed by atoms with Crippen molar-refractivity contribution in [1.82, 2.24) is 10.1 Å². The van der Waals surface area contributed by atoms with E-state index in [9.17, 15) is 0 Å². The number of benzene rings is 1. The van der Waals surface area contributed by atoms with Gasteiger partial charge in [-0.25, -0.2) is 0 Å². The molecule has 1 aromatic heterocycles. The van der Waals surface area contributed by atoms with Gasteiger partial charge >= 0.3 is 0 Å². The van der Waals surface area contributed by atoms with E-state index in [1.165, 1.54) is 11.1 Å². The summed E-state index contributed by atoms with van der Waals surface area (Å²) in [6, 6.07) is 6.14. The molecule has 1 aliphatic rings. The van der Waals surface area contributed by atoms with Gasteiger partial charge in [-0.2, -0.15) is 4.98 Å². The summed E-state index contributed by atoms with van der Waals surface area (Å²) in [7, 11) is 0. The molecule has 5 heteroatoms. The molecule has 2 N–H and O–H groups in total. The molecule has 1 aromatic carbocycles. The van der Waals surface area contributed by atoms with Gasteiger partial charge in [0.15, 0.2) is 5.82 Å². The van der Waals surface area contributed by atoms with E-state index in [2.05, 4.69) is 36.1 Å². The van der Waals surface area contributed by atoms with Crippen LogP contribution in [-0.2, 0) is 5.54 Å². The minimum absolute atomic E-state index is 0. The summed E-state index contributed by atoms with van der Waals surface area (Å²) in [5.41, 5.74) is 9.26. The van der Waals surface area contributed by atoms with Crippen LogP contribution in [-0.4, -0.2) is 10.1 Å². The molecule has 1 saturated carbocycles. The van der Waals surface area contributed by atoms with Crippen LogP contribution in [0.2, 0.25) is 0 Å². The summed E-state index contributed by atoms with van der Waals surface area (Å²) < 4.78 is 5.33. The van der Waals surface area contributed by atoms with E-state index in [1.807, 2.05) is 6.07 Å². The first kappa shape index (κ1) is 14.0. The standard InChI is InChI=1S/C14H17N3O.ClH/c1-9-4-5-11(8-10(9)2)12-16-13(17-18-12)14(15)6-3-7-14;/h4-5,8H,3,6-7,15H2,1-2H3;1H. The summed E-state index contributed by atoms with van der Waals surface area (Å²) >= 11 is 0. The molecule has 19 heavy (non-hydrogen) atoms. The minimum atomic E-state index is -0.360. The van der Waals surface area contributed by atoms with E-state index in [-0.39, 0.29) is 17.9 Å². The third-order valence-electron chi connectivity index (χ3n) is 3.87. The molecule has 102 valence electrons.